The zero-order valence-electron chi connectivity index (χ0n) is 18.7. The standard InChI is InChI=1S/C21H32N4O6S/c1-16-14-24(15-17(2)31-16)32(28,29)23-11-9-22(10-12-23)20(26)18-6-3-4-8-25(18)21(27)19-7-5-13-30-19/h5,7,13,16-18H,3-4,6,8-12,14-15H2,1-2H3. The lowest BCUT2D eigenvalue weighted by Crippen LogP contribution is -2.60. The number of likely N-dealkylation sites (tertiary alicyclic amines) is 1. The van der Waals surface area contributed by atoms with Crippen LogP contribution in [-0.2, 0) is 19.7 Å². The summed E-state index contributed by atoms with van der Waals surface area (Å²) in [4.78, 5) is 29.4. The summed E-state index contributed by atoms with van der Waals surface area (Å²) >= 11 is 0. The number of carbonyl (C=O) groups excluding carboxylic acids is 2. The van der Waals surface area contributed by atoms with Crippen molar-refractivity contribution in [2.75, 3.05) is 45.8 Å². The van der Waals surface area contributed by atoms with Gasteiger partial charge >= 0.3 is 0 Å². The zero-order chi connectivity index (χ0) is 22.9. The number of piperazine rings is 1. The highest BCUT2D eigenvalue weighted by atomic mass is 32.2. The van der Waals surface area contributed by atoms with Crippen LogP contribution in [0.25, 0.3) is 0 Å². The molecule has 0 aliphatic carbocycles. The molecule has 3 aliphatic rings. The average Bonchev–Trinajstić information content (AvgIpc) is 3.32. The first kappa shape index (κ1) is 23.2. The number of amides is 2. The van der Waals surface area contributed by atoms with E-state index in [1.165, 1.54) is 14.9 Å². The number of piperidine rings is 1. The molecule has 178 valence electrons. The lowest BCUT2D eigenvalue weighted by atomic mass is 10.00. The number of hydrogen-bond acceptors (Lipinski definition) is 6. The number of nitrogens with zero attached hydrogens (tertiary/aromatic N) is 4. The predicted octanol–water partition coefficient (Wildman–Crippen LogP) is 0.773. The van der Waals surface area contributed by atoms with E-state index in [1.54, 1.807) is 21.9 Å². The number of furan rings is 1. The molecule has 0 radical (unpaired) electrons. The second kappa shape index (κ2) is 9.50. The molecule has 1 aromatic rings. The minimum Gasteiger partial charge on any atom is -0.459 e. The first-order chi connectivity index (χ1) is 15.3. The summed E-state index contributed by atoms with van der Waals surface area (Å²) in [5, 5.41) is 0. The van der Waals surface area contributed by atoms with Gasteiger partial charge in [-0.1, -0.05) is 0 Å². The van der Waals surface area contributed by atoms with Crippen molar-refractivity contribution in [2.24, 2.45) is 0 Å². The Morgan fingerprint density at radius 3 is 2.28 bits per heavy atom. The van der Waals surface area contributed by atoms with Crippen molar-refractivity contribution in [3.05, 3.63) is 24.2 Å². The number of carbonyl (C=O) groups is 2. The number of morpholine rings is 1. The minimum atomic E-state index is -3.61. The van der Waals surface area contributed by atoms with Crippen molar-refractivity contribution in [1.82, 2.24) is 18.4 Å². The molecule has 1 aromatic heterocycles. The molecule has 3 unspecified atom stereocenters. The van der Waals surface area contributed by atoms with Crippen LogP contribution in [0, 0.1) is 0 Å². The molecule has 0 saturated carbocycles. The van der Waals surface area contributed by atoms with Gasteiger partial charge in [0.15, 0.2) is 5.76 Å². The summed E-state index contributed by atoms with van der Waals surface area (Å²) in [6, 6.07) is 2.73. The lowest BCUT2D eigenvalue weighted by Gasteiger charge is -2.42. The summed E-state index contributed by atoms with van der Waals surface area (Å²) in [5.74, 6) is -0.158. The zero-order valence-corrected chi connectivity index (χ0v) is 19.5. The summed E-state index contributed by atoms with van der Waals surface area (Å²) < 4.78 is 40.1. The molecule has 3 aliphatic heterocycles. The molecule has 3 saturated heterocycles. The summed E-state index contributed by atoms with van der Waals surface area (Å²) in [7, 11) is -3.61. The van der Waals surface area contributed by atoms with Crippen molar-refractivity contribution in [3.8, 4) is 0 Å². The van der Waals surface area contributed by atoms with Gasteiger partial charge in [0.2, 0.25) is 5.91 Å². The molecule has 32 heavy (non-hydrogen) atoms. The van der Waals surface area contributed by atoms with E-state index in [4.69, 9.17) is 9.15 Å². The Morgan fingerprint density at radius 1 is 0.969 bits per heavy atom. The molecule has 3 fully saturated rings. The molecule has 3 atom stereocenters. The Morgan fingerprint density at radius 2 is 1.66 bits per heavy atom. The van der Waals surface area contributed by atoms with Crippen LogP contribution in [-0.4, -0.2) is 103 Å². The van der Waals surface area contributed by atoms with Crippen LogP contribution >= 0.6 is 0 Å². The topological polar surface area (TPSA) is 104 Å². The van der Waals surface area contributed by atoms with Crippen LogP contribution in [0.4, 0.5) is 0 Å². The molecule has 0 N–H and O–H groups in total. The van der Waals surface area contributed by atoms with E-state index in [2.05, 4.69) is 0 Å². The van der Waals surface area contributed by atoms with Crippen LogP contribution in [0.2, 0.25) is 0 Å². The van der Waals surface area contributed by atoms with E-state index in [-0.39, 0.29) is 42.9 Å². The number of hydrogen-bond donors (Lipinski definition) is 0. The fourth-order valence-electron chi connectivity index (χ4n) is 4.81. The van der Waals surface area contributed by atoms with Gasteiger partial charge in [-0.25, -0.2) is 0 Å². The normalized spacial score (nSPS) is 28.6. The Labute approximate surface area is 189 Å². The van der Waals surface area contributed by atoms with E-state index in [0.29, 0.717) is 39.1 Å². The molecule has 0 aromatic carbocycles. The largest absolute Gasteiger partial charge is 0.459 e. The summed E-state index contributed by atoms with van der Waals surface area (Å²) in [6.45, 7) is 6.02. The van der Waals surface area contributed by atoms with Crippen LogP contribution in [0.15, 0.2) is 22.8 Å². The molecule has 10 nitrogen and oxygen atoms in total. The maximum atomic E-state index is 13.3. The minimum absolute atomic E-state index is 0.115. The molecule has 11 heteroatoms. The summed E-state index contributed by atoms with van der Waals surface area (Å²) in [5.41, 5.74) is 0. The summed E-state index contributed by atoms with van der Waals surface area (Å²) in [6.07, 6.45) is 3.47. The number of ether oxygens (including phenoxy) is 1. The van der Waals surface area contributed by atoms with Crippen molar-refractivity contribution in [3.63, 3.8) is 0 Å². The maximum Gasteiger partial charge on any atom is 0.290 e. The first-order valence-corrected chi connectivity index (χ1v) is 12.7. The van der Waals surface area contributed by atoms with Gasteiger partial charge in [0.05, 0.1) is 18.5 Å². The second-order valence-corrected chi connectivity index (χ2v) is 10.7. The third kappa shape index (κ3) is 4.70. The molecular formula is C21H32N4O6S. The second-order valence-electron chi connectivity index (χ2n) is 8.79. The Balaban J connectivity index is 1.39. The highest BCUT2D eigenvalue weighted by molar-refractivity contribution is 7.86. The Hall–Kier alpha value is -1.95. The van der Waals surface area contributed by atoms with E-state index in [0.717, 1.165) is 12.8 Å². The third-order valence-corrected chi connectivity index (χ3v) is 8.34. The highest BCUT2D eigenvalue weighted by Crippen LogP contribution is 2.24. The lowest BCUT2D eigenvalue weighted by molar-refractivity contribution is -0.138. The smallest absolute Gasteiger partial charge is 0.290 e. The Kier molecular flexibility index (Phi) is 6.89. The molecular weight excluding hydrogens is 436 g/mol. The van der Waals surface area contributed by atoms with Gasteiger partial charge in [-0.2, -0.15) is 17.0 Å². The highest BCUT2D eigenvalue weighted by Gasteiger charge is 2.40. The van der Waals surface area contributed by atoms with Crippen molar-refractivity contribution >= 4 is 22.0 Å². The van der Waals surface area contributed by atoms with Crippen molar-refractivity contribution in [2.45, 2.75) is 51.4 Å². The van der Waals surface area contributed by atoms with Gasteiger partial charge in [-0.05, 0) is 45.2 Å². The maximum absolute atomic E-state index is 13.3. The third-order valence-electron chi connectivity index (χ3n) is 6.37. The van der Waals surface area contributed by atoms with Crippen LogP contribution in [0.3, 0.4) is 0 Å². The van der Waals surface area contributed by atoms with Gasteiger partial charge in [0, 0.05) is 45.8 Å². The van der Waals surface area contributed by atoms with Gasteiger partial charge in [0.1, 0.15) is 6.04 Å². The molecule has 2 amide bonds. The molecule has 0 bridgehead atoms. The fraction of sp³-hybridized carbons (Fsp3) is 0.714. The predicted molar refractivity (Wildman–Crippen MR) is 116 cm³/mol. The van der Waals surface area contributed by atoms with Gasteiger partial charge in [-0.3, -0.25) is 9.59 Å². The first-order valence-electron chi connectivity index (χ1n) is 11.3. The van der Waals surface area contributed by atoms with Crippen LogP contribution in [0.5, 0.6) is 0 Å². The number of rotatable bonds is 4. The molecule has 4 heterocycles. The van der Waals surface area contributed by atoms with Crippen molar-refractivity contribution in [1.29, 1.82) is 0 Å². The van der Waals surface area contributed by atoms with Crippen LogP contribution < -0.4 is 0 Å². The van der Waals surface area contributed by atoms with Gasteiger partial charge in [-0.15, -0.1) is 0 Å². The Bertz CT molecular complexity index is 903. The van der Waals surface area contributed by atoms with Gasteiger partial charge in [0.25, 0.3) is 16.1 Å². The molecule has 4 rings (SSSR count). The van der Waals surface area contributed by atoms with E-state index >= 15 is 0 Å². The van der Waals surface area contributed by atoms with Gasteiger partial charge < -0.3 is 19.0 Å². The quantitative estimate of drug-likeness (QED) is 0.647. The van der Waals surface area contributed by atoms with E-state index in [9.17, 15) is 18.0 Å². The van der Waals surface area contributed by atoms with E-state index < -0.39 is 16.3 Å². The monoisotopic (exact) mass is 468 g/mol. The SMILES string of the molecule is CC1CN(S(=O)(=O)N2CCN(C(=O)C3CCCCN3C(=O)c3ccco3)CC2)CC(C)O1. The fourth-order valence-corrected chi connectivity index (χ4v) is 6.55. The van der Waals surface area contributed by atoms with Crippen LogP contribution in [0.1, 0.15) is 43.7 Å². The van der Waals surface area contributed by atoms with Crippen molar-refractivity contribution < 1.29 is 27.2 Å². The average molecular weight is 469 g/mol. The molecule has 0 spiro atoms. The van der Waals surface area contributed by atoms with E-state index in [1.807, 2.05) is 13.8 Å².